The van der Waals surface area contributed by atoms with Crippen LogP contribution in [0.25, 0.3) is 0 Å². The highest BCUT2D eigenvalue weighted by atomic mass is 32.1. The van der Waals surface area contributed by atoms with Crippen molar-refractivity contribution in [3.63, 3.8) is 0 Å². The molecule has 2 aliphatic rings. The molecule has 0 bridgehead atoms. The smallest absolute Gasteiger partial charge is 0.225 e. The molecule has 1 spiro atoms. The summed E-state index contributed by atoms with van der Waals surface area (Å²) in [6.45, 7) is 11.3. The average Bonchev–Trinajstić information content (AvgIpc) is 3.13. The van der Waals surface area contributed by atoms with E-state index in [2.05, 4.69) is 9.88 Å². The van der Waals surface area contributed by atoms with Crippen LogP contribution in [-0.2, 0) is 16.1 Å². The topological polar surface area (TPSA) is 56.8 Å². The number of nitrogens with zero attached hydrogens (tertiary/aromatic N) is 4. The van der Waals surface area contributed by atoms with E-state index in [1.165, 1.54) is 0 Å². The summed E-state index contributed by atoms with van der Waals surface area (Å²) in [5.41, 5.74) is -0.161. The monoisotopic (exact) mass is 364 g/mol. The summed E-state index contributed by atoms with van der Waals surface area (Å²) in [5.74, 6) is 0.398. The molecule has 1 atom stereocenters. The number of rotatable bonds is 4. The SMILES string of the molecule is CCN1C[C@@]2(CC1=O)CN(Cc1nccs1)CCN(C(=O)C(C)C)C2. The summed E-state index contributed by atoms with van der Waals surface area (Å²) in [6, 6.07) is 0. The third-order valence-electron chi connectivity index (χ3n) is 5.21. The molecule has 3 rings (SSSR count). The molecular weight excluding hydrogens is 336 g/mol. The molecule has 2 aliphatic heterocycles. The predicted octanol–water partition coefficient (Wildman–Crippen LogP) is 1.68. The van der Waals surface area contributed by atoms with Gasteiger partial charge >= 0.3 is 0 Å². The van der Waals surface area contributed by atoms with Crippen molar-refractivity contribution in [3.8, 4) is 0 Å². The summed E-state index contributed by atoms with van der Waals surface area (Å²) in [6.07, 6.45) is 2.37. The third-order valence-corrected chi connectivity index (χ3v) is 5.97. The zero-order chi connectivity index (χ0) is 18.0. The number of carbonyl (C=O) groups excluding carboxylic acids is 2. The van der Waals surface area contributed by atoms with Crippen LogP contribution in [-0.4, -0.2) is 70.8 Å². The number of thiazole rings is 1. The molecule has 1 aromatic rings. The van der Waals surface area contributed by atoms with Gasteiger partial charge in [0.05, 0.1) is 6.54 Å². The van der Waals surface area contributed by atoms with Crippen molar-refractivity contribution in [1.82, 2.24) is 19.7 Å². The summed E-state index contributed by atoms with van der Waals surface area (Å²) in [5, 5.41) is 3.09. The minimum Gasteiger partial charge on any atom is -0.342 e. The first kappa shape index (κ1) is 18.3. The molecule has 0 radical (unpaired) electrons. The first-order valence-electron chi connectivity index (χ1n) is 9.10. The van der Waals surface area contributed by atoms with Gasteiger partial charge < -0.3 is 9.80 Å². The minimum absolute atomic E-state index is 0.0121. The summed E-state index contributed by atoms with van der Waals surface area (Å²) in [7, 11) is 0. The molecule has 2 saturated heterocycles. The fraction of sp³-hybridized carbons (Fsp3) is 0.722. The third kappa shape index (κ3) is 4.03. The number of hydrogen-bond donors (Lipinski definition) is 0. The Hall–Kier alpha value is -1.47. The van der Waals surface area contributed by atoms with E-state index in [4.69, 9.17) is 0 Å². The molecule has 7 heteroatoms. The molecule has 0 aliphatic carbocycles. The average molecular weight is 365 g/mol. The van der Waals surface area contributed by atoms with E-state index in [0.717, 1.165) is 44.3 Å². The normalized spacial score (nSPS) is 25.2. The Kier molecular flexibility index (Phi) is 5.43. The molecule has 2 amide bonds. The summed E-state index contributed by atoms with van der Waals surface area (Å²) in [4.78, 5) is 35.8. The quantitative estimate of drug-likeness (QED) is 0.816. The van der Waals surface area contributed by atoms with Crippen LogP contribution in [0.5, 0.6) is 0 Å². The zero-order valence-electron chi connectivity index (χ0n) is 15.4. The lowest BCUT2D eigenvalue weighted by Crippen LogP contribution is -2.45. The first-order valence-corrected chi connectivity index (χ1v) is 9.98. The lowest BCUT2D eigenvalue weighted by atomic mass is 9.85. The zero-order valence-corrected chi connectivity index (χ0v) is 16.2. The van der Waals surface area contributed by atoms with E-state index >= 15 is 0 Å². The highest BCUT2D eigenvalue weighted by molar-refractivity contribution is 7.09. The van der Waals surface area contributed by atoms with Gasteiger partial charge in [0.25, 0.3) is 0 Å². The van der Waals surface area contributed by atoms with Crippen LogP contribution in [0.3, 0.4) is 0 Å². The molecule has 3 heterocycles. The largest absolute Gasteiger partial charge is 0.342 e. The van der Waals surface area contributed by atoms with Crippen LogP contribution >= 0.6 is 11.3 Å². The predicted molar refractivity (Wildman–Crippen MR) is 98.1 cm³/mol. The fourth-order valence-corrected chi connectivity index (χ4v) is 4.70. The Balaban J connectivity index is 1.82. The number of carbonyl (C=O) groups is 2. The molecule has 1 aromatic heterocycles. The number of aromatic nitrogens is 1. The van der Waals surface area contributed by atoms with Crippen LogP contribution in [0, 0.1) is 11.3 Å². The molecule has 138 valence electrons. The minimum atomic E-state index is -0.161. The highest BCUT2D eigenvalue weighted by Gasteiger charge is 2.46. The second-order valence-electron chi connectivity index (χ2n) is 7.64. The van der Waals surface area contributed by atoms with Crippen molar-refractivity contribution in [2.45, 2.75) is 33.7 Å². The van der Waals surface area contributed by atoms with Gasteiger partial charge in [-0.1, -0.05) is 13.8 Å². The van der Waals surface area contributed by atoms with Gasteiger partial charge in [-0.25, -0.2) is 4.98 Å². The Bertz CT molecular complexity index is 619. The van der Waals surface area contributed by atoms with Crippen LogP contribution in [0.2, 0.25) is 0 Å². The van der Waals surface area contributed by atoms with Crippen molar-refractivity contribution in [2.24, 2.45) is 11.3 Å². The summed E-state index contributed by atoms with van der Waals surface area (Å²) >= 11 is 1.66. The Morgan fingerprint density at radius 1 is 1.32 bits per heavy atom. The molecule has 0 unspecified atom stereocenters. The van der Waals surface area contributed by atoms with E-state index < -0.39 is 0 Å². The fourth-order valence-electron chi connectivity index (χ4n) is 4.04. The molecule has 2 fully saturated rings. The highest BCUT2D eigenvalue weighted by Crippen LogP contribution is 2.35. The van der Waals surface area contributed by atoms with E-state index in [-0.39, 0.29) is 23.1 Å². The lowest BCUT2D eigenvalue weighted by molar-refractivity contribution is -0.135. The Morgan fingerprint density at radius 2 is 2.12 bits per heavy atom. The Labute approximate surface area is 153 Å². The van der Waals surface area contributed by atoms with E-state index in [1.54, 1.807) is 11.3 Å². The van der Waals surface area contributed by atoms with Crippen molar-refractivity contribution in [2.75, 3.05) is 39.3 Å². The van der Waals surface area contributed by atoms with E-state index in [0.29, 0.717) is 13.0 Å². The molecule has 0 saturated carbocycles. The number of likely N-dealkylation sites (tertiary alicyclic amines) is 1. The molecule has 6 nitrogen and oxygen atoms in total. The summed E-state index contributed by atoms with van der Waals surface area (Å²) < 4.78 is 0. The molecule has 25 heavy (non-hydrogen) atoms. The van der Waals surface area contributed by atoms with Gasteiger partial charge in [-0.3, -0.25) is 14.5 Å². The van der Waals surface area contributed by atoms with Gasteiger partial charge in [0.1, 0.15) is 5.01 Å². The molecular formula is C18H28N4O2S. The Morgan fingerprint density at radius 3 is 2.72 bits per heavy atom. The van der Waals surface area contributed by atoms with E-state index in [1.807, 2.05) is 42.1 Å². The van der Waals surface area contributed by atoms with Gasteiger partial charge in [-0.15, -0.1) is 11.3 Å². The maximum absolute atomic E-state index is 12.6. The van der Waals surface area contributed by atoms with Crippen LogP contribution in [0.15, 0.2) is 11.6 Å². The number of hydrogen-bond acceptors (Lipinski definition) is 5. The van der Waals surface area contributed by atoms with E-state index in [9.17, 15) is 9.59 Å². The molecule has 0 aromatic carbocycles. The van der Waals surface area contributed by atoms with Gasteiger partial charge in [-0.05, 0) is 6.92 Å². The number of amides is 2. The van der Waals surface area contributed by atoms with Crippen molar-refractivity contribution >= 4 is 23.2 Å². The van der Waals surface area contributed by atoms with Gasteiger partial charge in [-0.2, -0.15) is 0 Å². The van der Waals surface area contributed by atoms with Gasteiger partial charge in [0.15, 0.2) is 0 Å². The van der Waals surface area contributed by atoms with Crippen molar-refractivity contribution in [3.05, 3.63) is 16.6 Å². The van der Waals surface area contributed by atoms with Crippen LogP contribution < -0.4 is 0 Å². The van der Waals surface area contributed by atoms with Gasteiger partial charge in [0, 0.05) is 68.6 Å². The second kappa shape index (κ2) is 7.41. The first-order chi connectivity index (χ1) is 11.9. The molecule has 0 N–H and O–H groups in total. The van der Waals surface area contributed by atoms with Gasteiger partial charge in [0.2, 0.25) is 11.8 Å². The standard InChI is InChI=1S/C18H28N4O2S/c1-4-21-12-18(9-16(21)23)11-20(10-15-19-5-8-25-15)6-7-22(13-18)17(24)14(2)3/h5,8,14H,4,6-7,9-13H2,1-3H3/t18-/m1/s1. The van der Waals surface area contributed by atoms with Crippen LogP contribution in [0.4, 0.5) is 0 Å². The second-order valence-corrected chi connectivity index (χ2v) is 8.61. The lowest BCUT2D eigenvalue weighted by Gasteiger charge is -2.34. The maximum atomic E-state index is 12.6. The van der Waals surface area contributed by atoms with Crippen LogP contribution in [0.1, 0.15) is 32.2 Å². The maximum Gasteiger partial charge on any atom is 0.225 e. The van der Waals surface area contributed by atoms with Crippen molar-refractivity contribution in [1.29, 1.82) is 0 Å². The van der Waals surface area contributed by atoms with Crippen molar-refractivity contribution < 1.29 is 9.59 Å².